The summed E-state index contributed by atoms with van der Waals surface area (Å²) in [6.45, 7) is 1.75. The molecule has 5 heteroatoms. The molecule has 0 atom stereocenters. The van der Waals surface area contributed by atoms with Crippen LogP contribution in [0, 0.1) is 0 Å². The van der Waals surface area contributed by atoms with Gasteiger partial charge in [-0.05, 0) is 34.9 Å². The van der Waals surface area contributed by atoms with E-state index in [0.29, 0.717) is 0 Å². The standard InChI is InChI=1S/C20H19NO4/c1-24-19(22)18(20(23)25-2)11-14-7-9-17(10-8-14)21-12-15-5-3-4-6-16(15)13-21/h3-11H,12-13H2,1-2H3. The maximum Gasteiger partial charge on any atom is 0.345 e. The molecule has 1 heterocycles. The molecular formula is C20H19NO4. The Morgan fingerprint density at radius 1 is 0.880 bits per heavy atom. The minimum Gasteiger partial charge on any atom is -0.465 e. The Balaban J connectivity index is 1.80. The maximum atomic E-state index is 11.7. The molecule has 0 bridgehead atoms. The molecule has 0 saturated heterocycles. The number of benzene rings is 2. The van der Waals surface area contributed by atoms with Crippen molar-refractivity contribution in [3.63, 3.8) is 0 Å². The number of anilines is 1. The van der Waals surface area contributed by atoms with Gasteiger partial charge in [0.2, 0.25) is 0 Å². The zero-order chi connectivity index (χ0) is 17.8. The third kappa shape index (κ3) is 3.55. The molecule has 0 amide bonds. The fraction of sp³-hybridized carbons (Fsp3) is 0.200. The van der Waals surface area contributed by atoms with E-state index in [0.717, 1.165) is 24.3 Å². The first-order valence-corrected chi connectivity index (χ1v) is 7.92. The summed E-state index contributed by atoms with van der Waals surface area (Å²) in [6, 6.07) is 16.1. The van der Waals surface area contributed by atoms with Gasteiger partial charge in [-0.1, -0.05) is 36.4 Å². The number of hydrogen-bond acceptors (Lipinski definition) is 5. The molecule has 2 aromatic rings. The monoisotopic (exact) mass is 337 g/mol. The Bertz CT molecular complexity index is 781. The average molecular weight is 337 g/mol. The van der Waals surface area contributed by atoms with Gasteiger partial charge in [0.1, 0.15) is 5.57 Å². The number of carbonyl (C=O) groups is 2. The van der Waals surface area contributed by atoms with E-state index in [9.17, 15) is 9.59 Å². The van der Waals surface area contributed by atoms with Crippen LogP contribution in [0.2, 0.25) is 0 Å². The van der Waals surface area contributed by atoms with E-state index in [1.54, 1.807) is 0 Å². The highest BCUT2D eigenvalue weighted by Gasteiger charge is 2.20. The summed E-state index contributed by atoms with van der Waals surface area (Å²) in [5.41, 5.74) is 4.36. The zero-order valence-corrected chi connectivity index (χ0v) is 14.2. The molecule has 5 nitrogen and oxygen atoms in total. The van der Waals surface area contributed by atoms with Crippen LogP contribution in [-0.4, -0.2) is 26.2 Å². The van der Waals surface area contributed by atoms with Crippen LogP contribution in [0.5, 0.6) is 0 Å². The normalized spacial score (nSPS) is 12.3. The number of methoxy groups -OCH3 is 2. The lowest BCUT2D eigenvalue weighted by Gasteiger charge is -2.17. The summed E-state index contributed by atoms with van der Waals surface area (Å²) in [5.74, 6) is -1.43. The Morgan fingerprint density at radius 3 is 1.88 bits per heavy atom. The molecule has 3 rings (SSSR count). The Labute approximate surface area is 146 Å². The number of hydrogen-bond donors (Lipinski definition) is 0. The molecule has 1 aliphatic heterocycles. The summed E-state index contributed by atoms with van der Waals surface area (Å²) in [4.78, 5) is 25.7. The number of ether oxygens (including phenoxy) is 2. The fourth-order valence-electron chi connectivity index (χ4n) is 2.88. The van der Waals surface area contributed by atoms with Gasteiger partial charge in [-0.25, -0.2) is 9.59 Å². The molecule has 0 radical (unpaired) electrons. The lowest BCUT2D eigenvalue weighted by atomic mass is 10.1. The Hall–Kier alpha value is -3.08. The molecular weight excluding hydrogens is 318 g/mol. The zero-order valence-electron chi connectivity index (χ0n) is 14.2. The Morgan fingerprint density at radius 2 is 1.40 bits per heavy atom. The molecule has 0 spiro atoms. The summed E-state index contributed by atoms with van der Waals surface area (Å²) in [6.07, 6.45) is 1.47. The SMILES string of the molecule is COC(=O)C(=Cc1ccc(N2Cc3ccccc3C2)cc1)C(=O)OC. The largest absolute Gasteiger partial charge is 0.465 e. The van der Waals surface area contributed by atoms with Gasteiger partial charge >= 0.3 is 11.9 Å². The van der Waals surface area contributed by atoms with E-state index >= 15 is 0 Å². The molecule has 0 unspecified atom stereocenters. The first kappa shape index (κ1) is 16.8. The summed E-state index contributed by atoms with van der Waals surface area (Å²) in [7, 11) is 2.46. The van der Waals surface area contributed by atoms with Crippen LogP contribution in [0.4, 0.5) is 5.69 Å². The number of fused-ring (bicyclic) bond motifs is 1. The van der Waals surface area contributed by atoms with Gasteiger partial charge in [-0.3, -0.25) is 0 Å². The van der Waals surface area contributed by atoms with Gasteiger partial charge in [0, 0.05) is 18.8 Å². The van der Waals surface area contributed by atoms with Crippen LogP contribution in [0.3, 0.4) is 0 Å². The van der Waals surface area contributed by atoms with Gasteiger partial charge in [0.05, 0.1) is 14.2 Å². The molecule has 0 aliphatic carbocycles. The van der Waals surface area contributed by atoms with Gasteiger partial charge < -0.3 is 14.4 Å². The second-order valence-electron chi connectivity index (χ2n) is 5.76. The number of rotatable bonds is 4. The second-order valence-corrected chi connectivity index (χ2v) is 5.76. The topological polar surface area (TPSA) is 55.8 Å². The second kappa shape index (κ2) is 7.21. The average Bonchev–Trinajstić information content (AvgIpc) is 3.09. The van der Waals surface area contributed by atoms with Crippen molar-refractivity contribution in [2.75, 3.05) is 19.1 Å². The highest BCUT2D eigenvalue weighted by Crippen LogP contribution is 2.28. The molecule has 1 aliphatic rings. The van der Waals surface area contributed by atoms with Crippen molar-refractivity contribution in [2.45, 2.75) is 13.1 Å². The number of esters is 2. The molecule has 2 aromatic carbocycles. The minimum absolute atomic E-state index is 0.133. The Kier molecular flexibility index (Phi) is 4.84. The van der Waals surface area contributed by atoms with Gasteiger partial charge in [-0.2, -0.15) is 0 Å². The van der Waals surface area contributed by atoms with Gasteiger partial charge in [-0.15, -0.1) is 0 Å². The molecule has 25 heavy (non-hydrogen) atoms. The van der Waals surface area contributed by atoms with Crippen molar-refractivity contribution in [2.24, 2.45) is 0 Å². The molecule has 0 aromatic heterocycles. The van der Waals surface area contributed by atoms with Crippen LogP contribution >= 0.6 is 0 Å². The van der Waals surface area contributed by atoms with Crippen molar-refractivity contribution in [3.05, 3.63) is 70.8 Å². The molecule has 0 saturated carbocycles. The molecule has 0 fully saturated rings. The maximum absolute atomic E-state index is 11.7. The summed E-state index contributed by atoms with van der Waals surface area (Å²) < 4.78 is 9.26. The van der Waals surface area contributed by atoms with Gasteiger partial charge in [0.25, 0.3) is 0 Å². The van der Waals surface area contributed by atoms with Crippen LogP contribution in [0.25, 0.3) is 6.08 Å². The third-order valence-electron chi connectivity index (χ3n) is 4.22. The predicted octanol–water partition coefficient (Wildman–Crippen LogP) is 2.94. The van der Waals surface area contributed by atoms with E-state index in [1.165, 1.54) is 31.4 Å². The minimum atomic E-state index is -0.717. The first-order valence-electron chi connectivity index (χ1n) is 7.92. The summed E-state index contributed by atoms with van der Waals surface area (Å²) >= 11 is 0. The van der Waals surface area contributed by atoms with Crippen molar-refractivity contribution in [3.8, 4) is 0 Å². The molecule has 128 valence electrons. The number of carbonyl (C=O) groups excluding carboxylic acids is 2. The lowest BCUT2D eigenvalue weighted by molar-refractivity contribution is -0.143. The lowest BCUT2D eigenvalue weighted by Crippen LogP contribution is -2.15. The summed E-state index contributed by atoms with van der Waals surface area (Å²) in [5, 5.41) is 0. The van der Waals surface area contributed by atoms with Crippen molar-refractivity contribution in [1.29, 1.82) is 0 Å². The van der Waals surface area contributed by atoms with Crippen LogP contribution in [-0.2, 0) is 32.2 Å². The predicted molar refractivity (Wildman–Crippen MR) is 94.8 cm³/mol. The van der Waals surface area contributed by atoms with Crippen molar-refractivity contribution in [1.82, 2.24) is 0 Å². The van der Waals surface area contributed by atoms with Gasteiger partial charge in [0.15, 0.2) is 0 Å². The quantitative estimate of drug-likeness (QED) is 0.372. The van der Waals surface area contributed by atoms with Crippen molar-refractivity contribution >= 4 is 23.7 Å². The third-order valence-corrected chi connectivity index (χ3v) is 4.22. The smallest absolute Gasteiger partial charge is 0.345 e. The van der Waals surface area contributed by atoms with E-state index < -0.39 is 11.9 Å². The highest BCUT2D eigenvalue weighted by molar-refractivity contribution is 6.17. The highest BCUT2D eigenvalue weighted by atomic mass is 16.5. The van der Waals surface area contributed by atoms with E-state index in [-0.39, 0.29) is 5.57 Å². The fourth-order valence-corrected chi connectivity index (χ4v) is 2.88. The van der Waals surface area contributed by atoms with E-state index in [2.05, 4.69) is 38.6 Å². The van der Waals surface area contributed by atoms with Crippen LogP contribution in [0.1, 0.15) is 16.7 Å². The first-order chi connectivity index (χ1) is 12.1. The van der Waals surface area contributed by atoms with E-state index in [4.69, 9.17) is 0 Å². The molecule has 0 N–H and O–H groups in total. The number of nitrogens with zero attached hydrogens (tertiary/aromatic N) is 1. The van der Waals surface area contributed by atoms with Crippen LogP contribution < -0.4 is 4.90 Å². The van der Waals surface area contributed by atoms with Crippen LogP contribution in [0.15, 0.2) is 54.1 Å². The van der Waals surface area contributed by atoms with Crippen molar-refractivity contribution < 1.29 is 19.1 Å². The van der Waals surface area contributed by atoms with E-state index in [1.807, 2.05) is 24.3 Å².